The molecule has 2 aromatic carbocycles. The lowest BCUT2D eigenvalue weighted by Gasteiger charge is -2.16. The second-order valence-corrected chi connectivity index (χ2v) is 7.59. The molecular formula is C22H21N3OS. The Bertz CT molecular complexity index is 1100. The molecule has 3 aromatic rings. The second kappa shape index (κ2) is 7.76. The lowest BCUT2D eigenvalue weighted by Crippen LogP contribution is -2.17. The molecule has 5 heteroatoms. The van der Waals surface area contributed by atoms with Crippen LogP contribution < -0.4 is 10.2 Å². The summed E-state index contributed by atoms with van der Waals surface area (Å²) < 4.78 is 3.24. The molecule has 1 aliphatic carbocycles. The molecule has 4 nitrogen and oxygen atoms in total. The zero-order chi connectivity index (χ0) is 18.6. The van der Waals surface area contributed by atoms with Crippen molar-refractivity contribution in [3.63, 3.8) is 0 Å². The molecule has 1 aliphatic rings. The fourth-order valence-corrected chi connectivity index (χ4v) is 4.27. The fraction of sp³-hybridized carbons (Fsp3) is 0.182. The van der Waals surface area contributed by atoms with Crippen molar-refractivity contribution in [3.8, 4) is 0 Å². The van der Waals surface area contributed by atoms with Crippen LogP contribution >= 0.6 is 11.3 Å². The van der Waals surface area contributed by atoms with Gasteiger partial charge in [-0.05, 0) is 43.0 Å². The van der Waals surface area contributed by atoms with Gasteiger partial charge < -0.3 is 4.57 Å². The molecule has 1 fully saturated rings. The lowest BCUT2D eigenvalue weighted by molar-refractivity contribution is -0.112. The number of allylic oxidation sites excluding steroid dienone is 2. The van der Waals surface area contributed by atoms with Crippen LogP contribution in [0.4, 0.5) is 0 Å². The molecule has 0 saturated heterocycles. The van der Waals surface area contributed by atoms with Gasteiger partial charge >= 0.3 is 0 Å². The highest BCUT2D eigenvalue weighted by Crippen LogP contribution is 2.26. The van der Waals surface area contributed by atoms with E-state index in [-0.39, 0.29) is 5.78 Å². The van der Waals surface area contributed by atoms with E-state index in [1.54, 1.807) is 17.5 Å². The largest absolute Gasteiger partial charge is 0.318 e. The Balaban J connectivity index is 1.55. The summed E-state index contributed by atoms with van der Waals surface area (Å²) in [4.78, 5) is 13.6. The molecule has 4 rings (SSSR count). The minimum atomic E-state index is 0.119. The topological polar surface area (TPSA) is 46.4 Å². The number of ketones is 1. The summed E-state index contributed by atoms with van der Waals surface area (Å²) in [5, 5.41) is 4.46. The number of carbonyl (C=O) groups excluding carboxylic acids is 1. The molecule has 136 valence electrons. The van der Waals surface area contributed by atoms with Crippen molar-refractivity contribution in [3.05, 3.63) is 82.3 Å². The van der Waals surface area contributed by atoms with E-state index in [2.05, 4.69) is 27.2 Å². The molecule has 0 unspecified atom stereocenters. The van der Waals surface area contributed by atoms with Crippen LogP contribution in [0.15, 0.2) is 77.0 Å². The molecule has 0 radical (unpaired) electrons. The van der Waals surface area contributed by atoms with Gasteiger partial charge in [0.05, 0.1) is 10.2 Å². The van der Waals surface area contributed by atoms with Gasteiger partial charge in [0.2, 0.25) is 4.80 Å². The second-order valence-electron chi connectivity index (χ2n) is 6.58. The third kappa shape index (κ3) is 3.78. The van der Waals surface area contributed by atoms with Gasteiger partial charge in [-0.25, -0.2) is 0 Å². The highest BCUT2D eigenvalue weighted by molar-refractivity contribution is 7.16. The highest BCUT2D eigenvalue weighted by atomic mass is 32.1. The number of rotatable bonds is 3. The Morgan fingerprint density at radius 2 is 1.78 bits per heavy atom. The fourth-order valence-electron chi connectivity index (χ4n) is 3.28. The summed E-state index contributed by atoms with van der Waals surface area (Å²) in [6, 6.07) is 18.2. The van der Waals surface area contributed by atoms with Crippen molar-refractivity contribution < 1.29 is 4.79 Å². The van der Waals surface area contributed by atoms with Crippen LogP contribution in [0.3, 0.4) is 0 Å². The first kappa shape index (κ1) is 17.5. The van der Waals surface area contributed by atoms with E-state index in [1.165, 1.54) is 4.70 Å². The van der Waals surface area contributed by atoms with E-state index in [0.717, 1.165) is 46.3 Å². The van der Waals surface area contributed by atoms with Gasteiger partial charge in [-0.2, -0.15) is 0 Å². The van der Waals surface area contributed by atoms with Crippen molar-refractivity contribution in [2.45, 2.75) is 19.3 Å². The number of nitrogens with one attached hydrogen (secondary N) is 1. The number of nitrogens with zero attached hydrogens (tertiary/aromatic N) is 2. The molecule has 27 heavy (non-hydrogen) atoms. The quantitative estimate of drug-likeness (QED) is 0.546. The van der Waals surface area contributed by atoms with Crippen LogP contribution in [0.5, 0.6) is 0 Å². The Hall–Kier alpha value is -2.92. The Labute approximate surface area is 162 Å². The molecule has 1 aromatic heterocycles. The van der Waals surface area contributed by atoms with Crippen molar-refractivity contribution in [1.82, 2.24) is 9.99 Å². The summed E-state index contributed by atoms with van der Waals surface area (Å²) in [6.07, 6.45) is 6.34. The first-order valence-electron chi connectivity index (χ1n) is 9.05. The zero-order valence-electron chi connectivity index (χ0n) is 15.2. The van der Waals surface area contributed by atoms with Gasteiger partial charge in [0.15, 0.2) is 5.78 Å². The van der Waals surface area contributed by atoms with E-state index >= 15 is 0 Å². The van der Waals surface area contributed by atoms with E-state index in [1.807, 2.05) is 55.6 Å². The number of benzene rings is 2. The number of aromatic nitrogens is 1. The van der Waals surface area contributed by atoms with Crippen LogP contribution in [-0.4, -0.2) is 10.4 Å². The molecule has 0 amide bonds. The van der Waals surface area contributed by atoms with Crippen LogP contribution in [-0.2, 0) is 11.8 Å². The van der Waals surface area contributed by atoms with Crippen molar-refractivity contribution in [2.75, 3.05) is 0 Å². The van der Waals surface area contributed by atoms with Crippen LogP contribution in [0.1, 0.15) is 24.8 Å². The minimum Gasteiger partial charge on any atom is -0.318 e. The standard InChI is InChI=1S/C22H21N3OS/c1-25-19-12-5-6-13-20(19)27-22(25)24-23-15-18-11-7-10-17(21(18)26)14-16-8-3-2-4-9-16/h2-6,8-9,12-15,23H,7,10-11H2,1H3/b17-14-,18-15+,24-22-. The van der Waals surface area contributed by atoms with Gasteiger partial charge in [0.25, 0.3) is 0 Å². The van der Waals surface area contributed by atoms with Gasteiger partial charge in [0.1, 0.15) is 0 Å². The zero-order valence-corrected chi connectivity index (χ0v) is 16.0. The smallest absolute Gasteiger partial charge is 0.208 e. The number of fused-ring (bicyclic) bond motifs is 1. The Morgan fingerprint density at radius 1 is 1.04 bits per heavy atom. The SMILES string of the molecule is Cn1/c(=N/N/C=C2\CCC/C(=C/c3ccccc3)C2=O)sc2ccccc21. The maximum absolute atomic E-state index is 12.8. The van der Waals surface area contributed by atoms with E-state index in [9.17, 15) is 4.79 Å². The lowest BCUT2D eigenvalue weighted by atomic mass is 9.88. The number of hydrogen-bond acceptors (Lipinski definition) is 4. The van der Waals surface area contributed by atoms with E-state index in [0.29, 0.717) is 0 Å². The van der Waals surface area contributed by atoms with Crippen molar-refractivity contribution >= 4 is 33.4 Å². The molecule has 0 aliphatic heterocycles. The molecule has 0 atom stereocenters. The molecule has 1 saturated carbocycles. The summed E-state index contributed by atoms with van der Waals surface area (Å²) in [5.74, 6) is 0.119. The summed E-state index contributed by atoms with van der Waals surface area (Å²) in [6.45, 7) is 0. The molecule has 0 spiro atoms. The van der Waals surface area contributed by atoms with Gasteiger partial charge in [-0.15, -0.1) is 5.10 Å². The predicted octanol–water partition coefficient (Wildman–Crippen LogP) is 4.37. The normalized spacial score (nSPS) is 18.6. The van der Waals surface area contributed by atoms with Crippen LogP contribution in [0.25, 0.3) is 16.3 Å². The number of Topliss-reactive ketones (excluding diaryl/α,β-unsaturated/α-hetero) is 1. The highest BCUT2D eigenvalue weighted by Gasteiger charge is 2.20. The van der Waals surface area contributed by atoms with Crippen LogP contribution in [0.2, 0.25) is 0 Å². The van der Waals surface area contributed by atoms with E-state index in [4.69, 9.17) is 0 Å². The molecule has 0 bridgehead atoms. The Morgan fingerprint density at radius 3 is 2.59 bits per heavy atom. The number of hydrogen-bond donors (Lipinski definition) is 1. The first-order chi connectivity index (χ1) is 13.2. The van der Waals surface area contributed by atoms with Crippen LogP contribution in [0, 0.1) is 0 Å². The average molecular weight is 375 g/mol. The maximum atomic E-state index is 12.8. The number of para-hydroxylation sites is 1. The number of aryl methyl sites for hydroxylation is 1. The average Bonchev–Trinajstić information content (AvgIpc) is 3.02. The Kier molecular flexibility index (Phi) is 5.03. The van der Waals surface area contributed by atoms with Crippen molar-refractivity contribution in [2.24, 2.45) is 12.1 Å². The molecular weight excluding hydrogens is 354 g/mol. The minimum absolute atomic E-state index is 0.119. The molecule has 1 N–H and O–H groups in total. The monoisotopic (exact) mass is 375 g/mol. The summed E-state index contributed by atoms with van der Waals surface area (Å²) in [5.41, 5.74) is 6.87. The van der Waals surface area contributed by atoms with Gasteiger partial charge in [-0.1, -0.05) is 53.8 Å². The first-order valence-corrected chi connectivity index (χ1v) is 9.87. The van der Waals surface area contributed by atoms with Gasteiger partial charge in [-0.3, -0.25) is 10.2 Å². The maximum Gasteiger partial charge on any atom is 0.208 e. The summed E-state index contributed by atoms with van der Waals surface area (Å²) >= 11 is 1.62. The van der Waals surface area contributed by atoms with Crippen molar-refractivity contribution in [1.29, 1.82) is 0 Å². The summed E-state index contributed by atoms with van der Waals surface area (Å²) in [7, 11) is 2.00. The number of thiazole rings is 1. The van der Waals surface area contributed by atoms with E-state index < -0.39 is 0 Å². The number of carbonyl (C=O) groups is 1. The predicted molar refractivity (Wildman–Crippen MR) is 111 cm³/mol. The third-order valence-electron chi connectivity index (χ3n) is 4.73. The van der Waals surface area contributed by atoms with Gasteiger partial charge in [0, 0.05) is 24.4 Å². The third-order valence-corrected chi connectivity index (χ3v) is 5.84. The molecule has 1 heterocycles.